The van der Waals surface area contributed by atoms with Gasteiger partial charge in [-0.3, -0.25) is 10.4 Å². The molecule has 138 valence electrons. The maximum absolute atomic E-state index is 13.4. The molecule has 1 aliphatic heterocycles. The Morgan fingerprint density at radius 3 is 2.59 bits per heavy atom. The maximum atomic E-state index is 13.4. The van der Waals surface area contributed by atoms with E-state index in [1.165, 1.54) is 12.1 Å². The Labute approximate surface area is 155 Å². The Hall–Kier alpha value is -3.42. The molecule has 1 aromatic carbocycles. The van der Waals surface area contributed by atoms with E-state index in [1.807, 2.05) is 23.7 Å². The number of hydrogen-bond acceptors (Lipinski definition) is 4. The molecule has 27 heavy (non-hydrogen) atoms. The van der Waals surface area contributed by atoms with Gasteiger partial charge in [0.15, 0.2) is 5.82 Å². The SMILES string of the molecule is CCNC(=O)N1CCn2nc(-c3ccc(F)cc3)c(-c3ccncc3)c2N1. The number of urea groups is 1. The van der Waals surface area contributed by atoms with Crippen molar-refractivity contribution in [2.75, 3.05) is 18.5 Å². The van der Waals surface area contributed by atoms with Gasteiger partial charge >= 0.3 is 6.03 Å². The Bertz CT molecular complexity index is 954. The summed E-state index contributed by atoms with van der Waals surface area (Å²) in [4.78, 5) is 16.3. The van der Waals surface area contributed by atoms with Gasteiger partial charge in [-0.25, -0.2) is 18.9 Å². The zero-order chi connectivity index (χ0) is 18.8. The minimum atomic E-state index is -0.297. The summed E-state index contributed by atoms with van der Waals surface area (Å²) in [6.07, 6.45) is 3.41. The van der Waals surface area contributed by atoms with Crippen molar-refractivity contribution in [3.63, 3.8) is 0 Å². The third kappa shape index (κ3) is 3.21. The number of amides is 2. The molecule has 0 fully saturated rings. The van der Waals surface area contributed by atoms with Crippen LogP contribution in [0, 0.1) is 5.82 Å². The van der Waals surface area contributed by atoms with Crippen molar-refractivity contribution < 1.29 is 9.18 Å². The van der Waals surface area contributed by atoms with Gasteiger partial charge in [-0.2, -0.15) is 5.10 Å². The quantitative estimate of drug-likeness (QED) is 0.747. The number of pyridine rings is 1. The summed E-state index contributed by atoms with van der Waals surface area (Å²) in [5.41, 5.74) is 6.46. The molecule has 0 bridgehead atoms. The van der Waals surface area contributed by atoms with Gasteiger partial charge in [-0.1, -0.05) is 0 Å². The van der Waals surface area contributed by atoms with Crippen molar-refractivity contribution in [3.8, 4) is 22.4 Å². The molecule has 0 spiro atoms. The summed E-state index contributed by atoms with van der Waals surface area (Å²) < 4.78 is 15.2. The number of anilines is 1. The van der Waals surface area contributed by atoms with Crippen LogP contribution in [-0.4, -0.2) is 38.9 Å². The fourth-order valence-electron chi connectivity index (χ4n) is 3.12. The first-order valence-corrected chi connectivity index (χ1v) is 8.76. The van der Waals surface area contributed by atoms with E-state index in [0.29, 0.717) is 19.6 Å². The van der Waals surface area contributed by atoms with E-state index >= 15 is 0 Å². The number of aromatic nitrogens is 3. The van der Waals surface area contributed by atoms with Gasteiger partial charge in [-0.05, 0) is 48.9 Å². The highest BCUT2D eigenvalue weighted by Gasteiger charge is 2.27. The van der Waals surface area contributed by atoms with Gasteiger partial charge in [0.1, 0.15) is 11.5 Å². The number of nitrogens with one attached hydrogen (secondary N) is 2. The normalized spacial score (nSPS) is 13.0. The standard InChI is InChI=1S/C19H19FN6O/c1-2-22-19(27)26-12-11-25-18(24-26)16(13-7-9-21-10-8-13)17(23-25)14-3-5-15(20)6-4-14/h3-10,24H,2,11-12H2,1H3,(H,22,27). The predicted octanol–water partition coefficient (Wildman–Crippen LogP) is 3.12. The number of carbonyl (C=O) groups excluding carboxylic acids is 1. The van der Waals surface area contributed by atoms with Crippen LogP contribution in [0.4, 0.5) is 15.0 Å². The third-order valence-electron chi connectivity index (χ3n) is 4.39. The van der Waals surface area contributed by atoms with Crippen molar-refractivity contribution >= 4 is 11.8 Å². The van der Waals surface area contributed by atoms with Crippen molar-refractivity contribution in [3.05, 3.63) is 54.6 Å². The van der Waals surface area contributed by atoms with E-state index in [9.17, 15) is 9.18 Å². The zero-order valence-corrected chi connectivity index (χ0v) is 14.8. The molecule has 3 heterocycles. The second kappa shape index (κ2) is 7.06. The van der Waals surface area contributed by atoms with Gasteiger partial charge in [0.25, 0.3) is 0 Å². The Balaban J connectivity index is 1.82. The monoisotopic (exact) mass is 366 g/mol. The Morgan fingerprint density at radius 1 is 1.15 bits per heavy atom. The van der Waals surface area contributed by atoms with Gasteiger partial charge in [0, 0.05) is 24.5 Å². The van der Waals surface area contributed by atoms with Crippen molar-refractivity contribution in [2.45, 2.75) is 13.5 Å². The predicted molar refractivity (Wildman–Crippen MR) is 100 cm³/mol. The average Bonchev–Trinajstić information content (AvgIpc) is 3.08. The van der Waals surface area contributed by atoms with Gasteiger partial charge in [-0.15, -0.1) is 0 Å². The molecule has 0 atom stereocenters. The number of nitrogens with zero attached hydrogens (tertiary/aromatic N) is 4. The highest BCUT2D eigenvalue weighted by Crippen LogP contribution is 2.38. The molecule has 0 unspecified atom stereocenters. The van der Waals surface area contributed by atoms with Crippen LogP contribution in [0.1, 0.15) is 6.92 Å². The fraction of sp³-hybridized carbons (Fsp3) is 0.211. The second-order valence-corrected chi connectivity index (χ2v) is 6.14. The van der Waals surface area contributed by atoms with Gasteiger partial charge in [0.05, 0.1) is 18.7 Å². The molecule has 0 saturated carbocycles. The minimum absolute atomic E-state index is 0.186. The molecule has 8 heteroatoms. The molecule has 3 aromatic rings. The van der Waals surface area contributed by atoms with E-state index < -0.39 is 0 Å². The van der Waals surface area contributed by atoms with Crippen LogP contribution in [0.3, 0.4) is 0 Å². The van der Waals surface area contributed by atoms with E-state index in [1.54, 1.807) is 29.5 Å². The van der Waals surface area contributed by atoms with Crippen molar-refractivity contribution in [1.29, 1.82) is 0 Å². The lowest BCUT2D eigenvalue weighted by Gasteiger charge is -2.29. The molecule has 7 nitrogen and oxygen atoms in total. The topological polar surface area (TPSA) is 75.1 Å². The number of rotatable bonds is 3. The number of hydrazine groups is 1. The average molecular weight is 366 g/mol. The van der Waals surface area contributed by atoms with Crippen molar-refractivity contribution in [1.82, 2.24) is 25.1 Å². The summed E-state index contributed by atoms with van der Waals surface area (Å²) in [5.74, 6) is 0.423. The molecule has 0 radical (unpaired) electrons. The Morgan fingerprint density at radius 2 is 1.89 bits per heavy atom. The minimum Gasteiger partial charge on any atom is -0.337 e. The summed E-state index contributed by atoms with van der Waals surface area (Å²) in [6, 6.07) is 9.83. The molecule has 4 rings (SSSR count). The van der Waals surface area contributed by atoms with E-state index in [2.05, 4.69) is 15.7 Å². The smallest absolute Gasteiger partial charge is 0.336 e. The second-order valence-electron chi connectivity index (χ2n) is 6.14. The van der Waals surface area contributed by atoms with E-state index in [4.69, 9.17) is 5.10 Å². The van der Waals surface area contributed by atoms with Crippen LogP contribution in [0.25, 0.3) is 22.4 Å². The van der Waals surface area contributed by atoms with Gasteiger partial charge in [0.2, 0.25) is 0 Å². The van der Waals surface area contributed by atoms with Crippen LogP contribution < -0.4 is 10.7 Å². The van der Waals surface area contributed by atoms with Crippen molar-refractivity contribution in [2.24, 2.45) is 0 Å². The fourth-order valence-corrected chi connectivity index (χ4v) is 3.12. The molecular weight excluding hydrogens is 347 g/mol. The Kier molecular flexibility index (Phi) is 4.45. The van der Waals surface area contributed by atoms with Crippen LogP contribution >= 0.6 is 0 Å². The number of carbonyl (C=O) groups is 1. The zero-order valence-electron chi connectivity index (χ0n) is 14.8. The lowest BCUT2D eigenvalue weighted by atomic mass is 10.0. The third-order valence-corrected chi connectivity index (χ3v) is 4.39. The summed E-state index contributed by atoms with van der Waals surface area (Å²) in [5, 5.41) is 9.05. The first kappa shape index (κ1) is 17.0. The largest absolute Gasteiger partial charge is 0.337 e. The molecule has 2 N–H and O–H groups in total. The molecule has 0 saturated heterocycles. The van der Waals surface area contributed by atoms with Crippen LogP contribution in [0.15, 0.2) is 48.8 Å². The molecule has 2 aromatic heterocycles. The van der Waals surface area contributed by atoms with E-state index in [-0.39, 0.29) is 11.8 Å². The lowest BCUT2D eigenvalue weighted by Crippen LogP contribution is -2.48. The number of halogens is 1. The molecule has 0 aliphatic carbocycles. The number of fused-ring (bicyclic) bond motifs is 1. The summed E-state index contributed by atoms with van der Waals surface area (Å²) >= 11 is 0. The van der Waals surface area contributed by atoms with Crippen LogP contribution in [-0.2, 0) is 6.54 Å². The lowest BCUT2D eigenvalue weighted by molar-refractivity contribution is 0.202. The summed E-state index contributed by atoms with van der Waals surface area (Å²) in [6.45, 7) is 3.47. The maximum Gasteiger partial charge on any atom is 0.336 e. The number of benzene rings is 1. The highest BCUT2D eigenvalue weighted by molar-refractivity contribution is 5.90. The molecular formula is C19H19FN6O. The number of hydrogen-bond donors (Lipinski definition) is 2. The molecule has 1 aliphatic rings. The molecule has 2 amide bonds. The van der Waals surface area contributed by atoms with E-state index in [0.717, 1.165) is 28.2 Å². The van der Waals surface area contributed by atoms with Crippen LogP contribution in [0.2, 0.25) is 0 Å². The first-order chi connectivity index (χ1) is 13.2. The van der Waals surface area contributed by atoms with Crippen LogP contribution in [0.5, 0.6) is 0 Å². The summed E-state index contributed by atoms with van der Waals surface area (Å²) in [7, 11) is 0. The highest BCUT2D eigenvalue weighted by atomic mass is 19.1. The first-order valence-electron chi connectivity index (χ1n) is 8.76. The van der Waals surface area contributed by atoms with Gasteiger partial charge < -0.3 is 5.32 Å².